The third-order valence-electron chi connectivity index (χ3n) is 4.25. The van der Waals surface area contributed by atoms with Gasteiger partial charge in [-0.1, -0.05) is 57.0 Å². The minimum absolute atomic E-state index is 0.764. The van der Waals surface area contributed by atoms with Crippen LogP contribution in [0.5, 0.6) is 0 Å². The van der Waals surface area contributed by atoms with Gasteiger partial charge in [-0.3, -0.25) is 4.79 Å². The number of carbonyl (C=O) groups is 1. The molecular weight excluding hydrogens is 338 g/mol. The van der Waals surface area contributed by atoms with Crippen LogP contribution in [0, 0.1) is 0 Å². The second-order valence-corrected chi connectivity index (χ2v) is 7.51. The van der Waals surface area contributed by atoms with Gasteiger partial charge in [0.2, 0.25) is 0 Å². The van der Waals surface area contributed by atoms with E-state index in [-0.39, 0.29) is 0 Å². The number of anilines is 1. The molecule has 2 nitrogen and oxygen atoms in total. The first-order valence-corrected chi connectivity index (χ1v) is 10.3. The first kappa shape index (κ1) is 20.2. The summed E-state index contributed by atoms with van der Waals surface area (Å²) in [5, 5.41) is 0. The largest absolute Gasteiger partial charge is 0.372 e. The van der Waals surface area contributed by atoms with Crippen LogP contribution in [0.4, 0.5) is 5.69 Å². The molecule has 0 aliphatic heterocycles. The van der Waals surface area contributed by atoms with Crippen LogP contribution in [-0.4, -0.2) is 19.4 Å². The molecule has 0 N–H and O–H groups in total. The Morgan fingerprint density at radius 2 is 1.46 bits per heavy atom. The van der Waals surface area contributed by atoms with Gasteiger partial charge in [0.1, 0.15) is 0 Å². The van der Waals surface area contributed by atoms with Gasteiger partial charge in [-0.25, -0.2) is 0 Å². The molecule has 2 aromatic rings. The van der Waals surface area contributed by atoms with Crippen LogP contribution in [0.3, 0.4) is 0 Å². The van der Waals surface area contributed by atoms with Crippen molar-refractivity contribution in [2.75, 3.05) is 18.0 Å². The first-order valence-electron chi connectivity index (χ1n) is 9.51. The number of unbranched alkanes of at least 4 members (excludes halogenated alkanes) is 2. The van der Waals surface area contributed by atoms with E-state index in [0.29, 0.717) is 0 Å². The maximum absolute atomic E-state index is 10.7. The van der Waals surface area contributed by atoms with Crippen molar-refractivity contribution in [1.82, 2.24) is 0 Å². The lowest BCUT2D eigenvalue weighted by molar-refractivity contribution is 0.112. The lowest BCUT2D eigenvalue weighted by Crippen LogP contribution is -2.25. The summed E-state index contributed by atoms with van der Waals surface area (Å²) in [6.45, 7) is 6.76. The Hall–Kier alpha value is -2.13. The van der Waals surface area contributed by atoms with Gasteiger partial charge in [-0.15, -0.1) is 11.3 Å². The van der Waals surface area contributed by atoms with Gasteiger partial charge in [-0.2, -0.15) is 0 Å². The Labute approximate surface area is 161 Å². The van der Waals surface area contributed by atoms with Gasteiger partial charge in [0.05, 0.1) is 4.88 Å². The fourth-order valence-electron chi connectivity index (χ4n) is 2.70. The SMILES string of the molecule is CCCCN(CCCC)c1ccc(/C=C/C=C/c2ccc(C=O)s2)cc1. The van der Waals surface area contributed by atoms with E-state index in [1.165, 1.54) is 48.3 Å². The van der Waals surface area contributed by atoms with E-state index in [4.69, 9.17) is 0 Å². The second kappa shape index (κ2) is 11.5. The molecule has 1 aromatic carbocycles. The van der Waals surface area contributed by atoms with Gasteiger partial charge >= 0.3 is 0 Å². The third-order valence-corrected chi connectivity index (χ3v) is 5.22. The fourth-order valence-corrected chi connectivity index (χ4v) is 3.44. The Balaban J connectivity index is 1.95. The zero-order valence-electron chi connectivity index (χ0n) is 15.9. The summed E-state index contributed by atoms with van der Waals surface area (Å²) >= 11 is 1.50. The van der Waals surface area contributed by atoms with E-state index < -0.39 is 0 Å². The molecule has 0 spiro atoms. The van der Waals surface area contributed by atoms with Gasteiger partial charge in [0.25, 0.3) is 0 Å². The predicted molar refractivity (Wildman–Crippen MR) is 116 cm³/mol. The molecule has 0 aliphatic rings. The van der Waals surface area contributed by atoms with E-state index >= 15 is 0 Å². The molecule has 138 valence electrons. The molecule has 0 saturated carbocycles. The number of aldehydes is 1. The zero-order chi connectivity index (χ0) is 18.6. The molecule has 3 heteroatoms. The Morgan fingerprint density at radius 1 is 0.846 bits per heavy atom. The summed E-state index contributed by atoms with van der Waals surface area (Å²) in [6, 6.07) is 12.6. The van der Waals surface area contributed by atoms with Gasteiger partial charge < -0.3 is 4.90 Å². The number of nitrogens with zero attached hydrogens (tertiary/aromatic N) is 1. The van der Waals surface area contributed by atoms with Crippen molar-refractivity contribution in [2.24, 2.45) is 0 Å². The first-order chi connectivity index (χ1) is 12.8. The van der Waals surface area contributed by atoms with Gasteiger partial charge in [-0.05, 0) is 48.7 Å². The molecular formula is C23H29NOS. The fraction of sp³-hybridized carbons (Fsp3) is 0.348. The summed E-state index contributed by atoms with van der Waals surface area (Å²) in [6.07, 6.45) is 14.0. The summed E-state index contributed by atoms with van der Waals surface area (Å²) in [4.78, 5) is 15.1. The monoisotopic (exact) mass is 367 g/mol. The van der Waals surface area contributed by atoms with E-state index in [9.17, 15) is 4.79 Å². The number of rotatable bonds is 11. The van der Waals surface area contributed by atoms with E-state index in [2.05, 4.69) is 49.1 Å². The molecule has 1 aromatic heterocycles. The molecule has 0 atom stereocenters. The van der Waals surface area contributed by atoms with Crippen LogP contribution in [0.1, 0.15) is 59.6 Å². The van der Waals surface area contributed by atoms with E-state index in [0.717, 1.165) is 29.1 Å². The third kappa shape index (κ3) is 6.64. The molecule has 0 amide bonds. The Morgan fingerprint density at radius 3 is 2.04 bits per heavy atom. The summed E-state index contributed by atoms with van der Waals surface area (Å²) in [5.74, 6) is 0. The Bertz CT molecular complexity index is 704. The molecule has 0 unspecified atom stereocenters. The predicted octanol–water partition coefficient (Wildman–Crippen LogP) is 6.69. The highest BCUT2D eigenvalue weighted by Gasteiger charge is 2.05. The maximum atomic E-state index is 10.7. The quantitative estimate of drug-likeness (QED) is 0.325. The van der Waals surface area contributed by atoms with Crippen LogP contribution in [-0.2, 0) is 0 Å². The maximum Gasteiger partial charge on any atom is 0.160 e. The van der Waals surface area contributed by atoms with Crippen molar-refractivity contribution in [3.63, 3.8) is 0 Å². The second-order valence-electron chi connectivity index (χ2n) is 6.36. The average Bonchev–Trinajstić information content (AvgIpc) is 3.14. The molecule has 0 aliphatic carbocycles. The van der Waals surface area contributed by atoms with Crippen LogP contribution >= 0.6 is 11.3 Å². The highest BCUT2D eigenvalue weighted by atomic mass is 32.1. The molecule has 0 fully saturated rings. The summed E-state index contributed by atoms with van der Waals surface area (Å²) in [5.41, 5.74) is 2.52. The summed E-state index contributed by atoms with van der Waals surface area (Å²) in [7, 11) is 0. The minimum Gasteiger partial charge on any atom is -0.372 e. The lowest BCUT2D eigenvalue weighted by Gasteiger charge is -2.24. The van der Waals surface area contributed by atoms with E-state index in [1.54, 1.807) is 0 Å². The Kier molecular flexibility index (Phi) is 8.91. The number of benzene rings is 1. The number of carbonyl (C=O) groups excluding carboxylic acids is 1. The van der Waals surface area contributed by atoms with Crippen molar-refractivity contribution < 1.29 is 4.79 Å². The van der Waals surface area contributed by atoms with Crippen LogP contribution in [0.15, 0.2) is 48.6 Å². The van der Waals surface area contributed by atoms with Gasteiger partial charge in [0, 0.05) is 23.7 Å². The number of allylic oxidation sites excluding steroid dienone is 2. The highest BCUT2D eigenvalue weighted by Crippen LogP contribution is 2.18. The minimum atomic E-state index is 0.764. The van der Waals surface area contributed by atoms with Crippen LogP contribution in [0.2, 0.25) is 0 Å². The topological polar surface area (TPSA) is 20.3 Å². The molecule has 26 heavy (non-hydrogen) atoms. The number of hydrogen-bond donors (Lipinski definition) is 0. The number of hydrogen-bond acceptors (Lipinski definition) is 3. The van der Waals surface area contributed by atoms with Crippen LogP contribution in [0.25, 0.3) is 12.2 Å². The molecule has 0 radical (unpaired) electrons. The van der Waals surface area contributed by atoms with E-state index in [1.807, 2.05) is 30.4 Å². The molecule has 0 bridgehead atoms. The average molecular weight is 368 g/mol. The van der Waals surface area contributed by atoms with Crippen molar-refractivity contribution in [2.45, 2.75) is 39.5 Å². The number of thiophene rings is 1. The molecule has 2 rings (SSSR count). The molecule has 0 saturated heterocycles. The lowest BCUT2D eigenvalue weighted by atomic mass is 10.1. The zero-order valence-corrected chi connectivity index (χ0v) is 16.7. The van der Waals surface area contributed by atoms with Crippen molar-refractivity contribution in [3.8, 4) is 0 Å². The van der Waals surface area contributed by atoms with Crippen molar-refractivity contribution >= 4 is 35.5 Å². The van der Waals surface area contributed by atoms with Crippen molar-refractivity contribution in [1.29, 1.82) is 0 Å². The highest BCUT2D eigenvalue weighted by molar-refractivity contribution is 7.14. The standard InChI is InChI=1S/C23H29NOS/c1-3-5-17-24(18-6-4-2)21-13-11-20(12-14-21)9-7-8-10-22-15-16-23(19-25)26-22/h7-16,19H,3-6,17-18H2,1-2H3/b9-7+,10-8+. The normalized spacial score (nSPS) is 11.5. The molecule has 1 heterocycles. The van der Waals surface area contributed by atoms with Crippen LogP contribution < -0.4 is 4.90 Å². The van der Waals surface area contributed by atoms with Gasteiger partial charge in [0.15, 0.2) is 6.29 Å². The summed E-state index contributed by atoms with van der Waals surface area (Å²) < 4.78 is 0. The van der Waals surface area contributed by atoms with Crippen molar-refractivity contribution in [3.05, 3.63) is 63.9 Å². The smallest absolute Gasteiger partial charge is 0.160 e.